The fourth-order valence-electron chi connectivity index (χ4n) is 4.08. The molecule has 0 radical (unpaired) electrons. The Morgan fingerprint density at radius 3 is 2.71 bits per heavy atom. The molecule has 5 nitrogen and oxygen atoms in total. The zero-order valence-electron chi connectivity index (χ0n) is 14.4. The van der Waals surface area contributed by atoms with Gasteiger partial charge in [0, 0.05) is 25.4 Å². The summed E-state index contributed by atoms with van der Waals surface area (Å²) >= 11 is 0. The Kier molecular flexibility index (Phi) is 4.66. The lowest BCUT2D eigenvalue weighted by Crippen LogP contribution is -2.45. The van der Waals surface area contributed by atoms with Gasteiger partial charge in [0.15, 0.2) is 17.3 Å². The molecule has 1 unspecified atom stereocenters. The molecule has 3 aliphatic rings. The number of benzene rings is 1. The molecule has 5 heteroatoms. The van der Waals surface area contributed by atoms with E-state index in [4.69, 9.17) is 18.9 Å². The second-order valence-corrected chi connectivity index (χ2v) is 7.02. The molecule has 1 aliphatic carbocycles. The van der Waals surface area contributed by atoms with Crippen LogP contribution in [0, 0.1) is 0 Å². The number of para-hydroxylation sites is 1. The second kappa shape index (κ2) is 6.90. The number of rotatable bonds is 4. The molecule has 132 valence electrons. The van der Waals surface area contributed by atoms with Crippen molar-refractivity contribution in [1.82, 2.24) is 5.32 Å². The summed E-state index contributed by atoms with van der Waals surface area (Å²) in [6, 6.07) is 6.66. The van der Waals surface area contributed by atoms with E-state index in [1.807, 2.05) is 12.1 Å². The summed E-state index contributed by atoms with van der Waals surface area (Å²) in [6.07, 6.45) is 6.51. The van der Waals surface area contributed by atoms with E-state index in [1.165, 1.54) is 5.56 Å². The third-order valence-corrected chi connectivity index (χ3v) is 5.50. The molecule has 24 heavy (non-hydrogen) atoms. The Morgan fingerprint density at radius 1 is 1.17 bits per heavy atom. The Bertz CT molecular complexity index is 546. The monoisotopic (exact) mass is 333 g/mol. The van der Waals surface area contributed by atoms with Gasteiger partial charge < -0.3 is 24.3 Å². The van der Waals surface area contributed by atoms with Crippen molar-refractivity contribution in [3.63, 3.8) is 0 Å². The maximum absolute atomic E-state index is 6.20. The normalized spacial score (nSPS) is 26.1. The summed E-state index contributed by atoms with van der Waals surface area (Å²) in [6.45, 7) is 2.38. The van der Waals surface area contributed by atoms with Crippen LogP contribution in [0.3, 0.4) is 0 Å². The Labute approximate surface area is 143 Å². The van der Waals surface area contributed by atoms with Gasteiger partial charge in [-0.3, -0.25) is 0 Å². The summed E-state index contributed by atoms with van der Waals surface area (Å²) in [4.78, 5) is 0. The van der Waals surface area contributed by atoms with E-state index in [0.29, 0.717) is 6.04 Å². The van der Waals surface area contributed by atoms with Crippen LogP contribution in [-0.2, 0) is 15.9 Å². The number of aryl methyl sites for hydroxylation is 1. The zero-order chi connectivity index (χ0) is 16.4. The molecule has 2 heterocycles. The quantitative estimate of drug-likeness (QED) is 0.918. The highest BCUT2D eigenvalue weighted by Gasteiger charge is 2.40. The highest BCUT2D eigenvalue weighted by molar-refractivity contribution is 5.47. The number of hydrogen-bond donors (Lipinski definition) is 1. The molecule has 1 saturated carbocycles. The number of methoxy groups -OCH3 is 1. The minimum absolute atomic E-state index is 0.212. The lowest BCUT2D eigenvalue weighted by Gasteiger charge is -2.36. The topological polar surface area (TPSA) is 49.0 Å². The fourth-order valence-corrected chi connectivity index (χ4v) is 4.08. The van der Waals surface area contributed by atoms with Crippen molar-refractivity contribution in [2.45, 2.75) is 56.5 Å². The van der Waals surface area contributed by atoms with Crippen LogP contribution in [0.25, 0.3) is 0 Å². The van der Waals surface area contributed by atoms with Crippen molar-refractivity contribution in [2.24, 2.45) is 0 Å². The average molecular weight is 333 g/mol. The third kappa shape index (κ3) is 3.25. The molecule has 1 spiro atoms. The van der Waals surface area contributed by atoms with Crippen molar-refractivity contribution in [1.29, 1.82) is 0 Å². The SMILES string of the molecule is COc1cccc2c1OC(CNC1CCC3(CC1)OCCO3)CC2. The van der Waals surface area contributed by atoms with Crippen LogP contribution >= 0.6 is 0 Å². The van der Waals surface area contributed by atoms with Crippen LogP contribution < -0.4 is 14.8 Å². The van der Waals surface area contributed by atoms with Gasteiger partial charge in [-0.05, 0) is 37.3 Å². The lowest BCUT2D eigenvalue weighted by atomic mass is 9.90. The van der Waals surface area contributed by atoms with Gasteiger partial charge in [-0.25, -0.2) is 0 Å². The van der Waals surface area contributed by atoms with Crippen LogP contribution in [-0.4, -0.2) is 44.8 Å². The predicted molar refractivity (Wildman–Crippen MR) is 90.6 cm³/mol. The van der Waals surface area contributed by atoms with Crippen LogP contribution in [0.15, 0.2) is 18.2 Å². The van der Waals surface area contributed by atoms with E-state index in [1.54, 1.807) is 7.11 Å². The van der Waals surface area contributed by atoms with Gasteiger partial charge in [0.05, 0.1) is 20.3 Å². The molecule has 1 atom stereocenters. The standard InChI is InChI=1S/C19H27NO4/c1-21-17-4-2-3-14-5-6-16(24-18(14)17)13-20-15-7-9-19(10-8-15)22-11-12-23-19/h2-4,15-16,20H,5-13H2,1H3. The fraction of sp³-hybridized carbons (Fsp3) is 0.684. The van der Waals surface area contributed by atoms with Gasteiger partial charge in [0.1, 0.15) is 6.10 Å². The molecule has 0 amide bonds. The first-order chi connectivity index (χ1) is 11.8. The first-order valence-electron chi connectivity index (χ1n) is 9.12. The number of hydrogen-bond acceptors (Lipinski definition) is 5. The minimum atomic E-state index is -0.272. The largest absolute Gasteiger partial charge is 0.493 e. The first kappa shape index (κ1) is 16.2. The highest BCUT2D eigenvalue weighted by atomic mass is 16.7. The van der Waals surface area contributed by atoms with Crippen LogP contribution in [0.2, 0.25) is 0 Å². The number of ether oxygens (including phenoxy) is 4. The van der Waals surface area contributed by atoms with E-state index in [9.17, 15) is 0 Å². The third-order valence-electron chi connectivity index (χ3n) is 5.50. The van der Waals surface area contributed by atoms with Crippen molar-refractivity contribution >= 4 is 0 Å². The highest BCUT2D eigenvalue weighted by Crippen LogP contribution is 2.37. The maximum atomic E-state index is 6.20. The molecule has 1 saturated heterocycles. The van der Waals surface area contributed by atoms with E-state index < -0.39 is 0 Å². The molecule has 0 bridgehead atoms. The molecule has 1 aromatic carbocycles. The average Bonchev–Trinajstić information content (AvgIpc) is 3.09. The van der Waals surface area contributed by atoms with E-state index in [-0.39, 0.29) is 11.9 Å². The number of nitrogens with one attached hydrogen (secondary N) is 1. The Morgan fingerprint density at radius 2 is 1.96 bits per heavy atom. The first-order valence-corrected chi connectivity index (χ1v) is 9.12. The van der Waals surface area contributed by atoms with Crippen LogP contribution in [0.4, 0.5) is 0 Å². The Hall–Kier alpha value is -1.30. The molecule has 2 fully saturated rings. The van der Waals surface area contributed by atoms with Crippen molar-refractivity contribution in [3.05, 3.63) is 23.8 Å². The molecular weight excluding hydrogens is 306 g/mol. The van der Waals surface area contributed by atoms with Crippen LogP contribution in [0.5, 0.6) is 11.5 Å². The predicted octanol–water partition coefficient (Wildman–Crippen LogP) is 2.66. The zero-order valence-corrected chi connectivity index (χ0v) is 14.4. The van der Waals surface area contributed by atoms with E-state index in [0.717, 1.165) is 69.8 Å². The summed E-state index contributed by atoms with van der Waals surface area (Å²) in [5, 5.41) is 3.69. The molecular formula is C19H27NO4. The molecule has 4 rings (SSSR count). The van der Waals surface area contributed by atoms with Crippen LogP contribution in [0.1, 0.15) is 37.7 Å². The summed E-state index contributed by atoms with van der Waals surface area (Å²) in [5.74, 6) is 1.49. The minimum Gasteiger partial charge on any atom is -0.493 e. The van der Waals surface area contributed by atoms with Gasteiger partial charge in [-0.15, -0.1) is 0 Å². The Balaban J connectivity index is 1.28. The van der Waals surface area contributed by atoms with Gasteiger partial charge in [-0.2, -0.15) is 0 Å². The lowest BCUT2D eigenvalue weighted by molar-refractivity contribution is -0.179. The smallest absolute Gasteiger partial charge is 0.168 e. The molecule has 2 aliphatic heterocycles. The van der Waals surface area contributed by atoms with Gasteiger partial charge in [0.25, 0.3) is 0 Å². The number of fused-ring (bicyclic) bond motifs is 1. The van der Waals surface area contributed by atoms with Gasteiger partial charge in [0.2, 0.25) is 0 Å². The van der Waals surface area contributed by atoms with E-state index >= 15 is 0 Å². The maximum Gasteiger partial charge on any atom is 0.168 e. The van der Waals surface area contributed by atoms with E-state index in [2.05, 4.69) is 11.4 Å². The van der Waals surface area contributed by atoms with Crippen molar-refractivity contribution in [2.75, 3.05) is 26.9 Å². The summed E-state index contributed by atoms with van der Waals surface area (Å²) in [5.41, 5.74) is 1.25. The van der Waals surface area contributed by atoms with Crippen molar-refractivity contribution in [3.8, 4) is 11.5 Å². The molecule has 1 N–H and O–H groups in total. The van der Waals surface area contributed by atoms with Crippen molar-refractivity contribution < 1.29 is 18.9 Å². The summed E-state index contributed by atoms with van der Waals surface area (Å²) < 4.78 is 23.2. The van der Waals surface area contributed by atoms with Gasteiger partial charge in [-0.1, -0.05) is 12.1 Å². The molecule has 1 aromatic rings. The van der Waals surface area contributed by atoms with Gasteiger partial charge >= 0.3 is 0 Å². The summed E-state index contributed by atoms with van der Waals surface area (Å²) in [7, 11) is 1.70. The molecule has 0 aromatic heterocycles. The second-order valence-electron chi connectivity index (χ2n) is 7.02.